The van der Waals surface area contributed by atoms with Gasteiger partial charge in [0.2, 0.25) is 0 Å². The van der Waals surface area contributed by atoms with Crippen molar-refractivity contribution in [3.05, 3.63) is 107 Å². The number of rotatable bonds is 7. The summed E-state index contributed by atoms with van der Waals surface area (Å²) in [6.07, 6.45) is -4.40. The average Bonchev–Trinajstić information content (AvgIpc) is 3.07. The zero-order chi connectivity index (χ0) is 32.3. The molecule has 0 bridgehead atoms. The van der Waals surface area contributed by atoms with Crippen molar-refractivity contribution < 1.29 is 22.4 Å². The van der Waals surface area contributed by atoms with Crippen LogP contribution in [0.3, 0.4) is 0 Å². The lowest BCUT2D eigenvalue weighted by Crippen LogP contribution is -2.48. The van der Waals surface area contributed by atoms with Gasteiger partial charge in [-0.15, -0.1) is 0 Å². The van der Waals surface area contributed by atoms with Crippen LogP contribution in [0.5, 0.6) is 0 Å². The lowest BCUT2D eigenvalue weighted by Gasteiger charge is -2.36. The largest absolute Gasteiger partial charge is 0.416 e. The number of halogens is 5. The van der Waals surface area contributed by atoms with E-state index in [1.165, 1.54) is 23.9 Å². The molecule has 2 saturated heterocycles. The first-order valence-electron chi connectivity index (χ1n) is 14.9. The second kappa shape index (κ2) is 13.8. The smallest absolute Gasteiger partial charge is 0.368 e. The van der Waals surface area contributed by atoms with Crippen LogP contribution in [0.1, 0.15) is 21.5 Å². The maximum absolute atomic E-state index is 14.2. The number of hydrogen-bond donors (Lipinski definition) is 0. The molecule has 7 nitrogen and oxygen atoms in total. The van der Waals surface area contributed by atoms with Crippen LogP contribution in [0.15, 0.2) is 84.0 Å². The molecule has 1 amide bonds. The van der Waals surface area contributed by atoms with Crippen molar-refractivity contribution in [2.45, 2.75) is 17.1 Å². The van der Waals surface area contributed by atoms with Crippen LogP contribution in [-0.4, -0.2) is 73.1 Å². The third kappa shape index (κ3) is 7.50. The van der Waals surface area contributed by atoms with Gasteiger partial charge in [-0.3, -0.25) is 4.79 Å². The Bertz CT molecular complexity index is 1680. The normalized spacial score (nSPS) is 15.8. The Morgan fingerprint density at radius 3 is 2.15 bits per heavy atom. The molecule has 13 heteroatoms. The highest BCUT2D eigenvalue weighted by Crippen LogP contribution is 2.32. The maximum Gasteiger partial charge on any atom is 0.416 e. The van der Waals surface area contributed by atoms with Gasteiger partial charge in [0, 0.05) is 75.4 Å². The Morgan fingerprint density at radius 1 is 0.783 bits per heavy atom. The van der Waals surface area contributed by atoms with E-state index < -0.39 is 11.7 Å². The standard InChI is InChI=1S/C33H31ClF4N6OS/c34-29-21-30(43-16-14-42(15-17-43)28-7-2-1-6-27(28)35)40-32(39-29)46-22-23-8-10-24(11-9-23)31(45)44-18-12-41(13-19-44)26-5-3-4-25(20-26)33(36,37)38/h1-11,20-21H,12-19,22H2. The van der Waals surface area contributed by atoms with E-state index in [0.717, 1.165) is 23.5 Å². The average molecular weight is 671 g/mol. The first-order valence-corrected chi connectivity index (χ1v) is 16.2. The van der Waals surface area contributed by atoms with Crippen LogP contribution < -0.4 is 14.7 Å². The first-order chi connectivity index (χ1) is 22.1. The summed E-state index contributed by atoms with van der Waals surface area (Å²) >= 11 is 7.80. The van der Waals surface area contributed by atoms with E-state index in [2.05, 4.69) is 9.88 Å². The fraction of sp³-hybridized carbons (Fsp3) is 0.303. The van der Waals surface area contributed by atoms with E-state index in [0.29, 0.717) is 85.4 Å². The number of piperazine rings is 2. The molecule has 3 aromatic carbocycles. The zero-order valence-corrected chi connectivity index (χ0v) is 26.3. The van der Waals surface area contributed by atoms with Gasteiger partial charge in [-0.25, -0.2) is 14.4 Å². The van der Waals surface area contributed by atoms with Crippen LogP contribution in [0.25, 0.3) is 0 Å². The van der Waals surface area contributed by atoms with Gasteiger partial charge >= 0.3 is 6.18 Å². The van der Waals surface area contributed by atoms with Gasteiger partial charge in [-0.2, -0.15) is 13.2 Å². The van der Waals surface area contributed by atoms with Crippen LogP contribution >= 0.6 is 23.4 Å². The number of para-hydroxylation sites is 1. The molecule has 0 unspecified atom stereocenters. The van der Waals surface area contributed by atoms with Gasteiger partial charge in [0.1, 0.15) is 16.8 Å². The number of alkyl halides is 3. The van der Waals surface area contributed by atoms with Crippen molar-refractivity contribution in [1.82, 2.24) is 14.9 Å². The van der Waals surface area contributed by atoms with Crippen molar-refractivity contribution in [3.8, 4) is 0 Å². The summed E-state index contributed by atoms with van der Waals surface area (Å²) in [7, 11) is 0. The highest BCUT2D eigenvalue weighted by atomic mass is 35.5. The number of amides is 1. The summed E-state index contributed by atoms with van der Waals surface area (Å²) in [6.45, 7) is 4.38. The van der Waals surface area contributed by atoms with Gasteiger partial charge in [0.05, 0.1) is 11.3 Å². The molecule has 240 valence electrons. The number of carbonyl (C=O) groups excluding carboxylic acids is 1. The SMILES string of the molecule is O=C(c1ccc(CSc2nc(Cl)cc(N3CCN(c4ccccc4F)CC3)n2)cc1)N1CCN(c2cccc(C(F)(F)F)c2)CC1. The number of carbonyl (C=O) groups is 1. The topological polar surface area (TPSA) is 55.8 Å². The molecule has 0 N–H and O–H groups in total. The Balaban J connectivity index is 1.01. The van der Waals surface area contributed by atoms with Gasteiger partial charge in [0.15, 0.2) is 5.16 Å². The van der Waals surface area contributed by atoms with E-state index in [1.807, 2.05) is 28.0 Å². The summed E-state index contributed by atoms with van der Waals surface area (Å²) in [6, 6.07) is 21.2. The first kappa shape index (κ1) is 31.9. The summed E-state index contributed by atoms with van der Waals surface area (Å²) in [5.41, 5.74) is 1.96. The Hall–Kier alpha value is -4.03. The quantitative estimate of drug-likeness (QED) is 0.0921. The Kier molecular flexibility index (Phi) is 9.55. The Morgan fingerprint density at radius 2 is 1.46 bits per heavy atom. The van der Waals surface area contributed by atoms with E-state index >= 15 is 0 Å². The molecule has 2 fully saturated rings. The molecular weight excluding hydrogens is 640 g/mol. The van der Waals surface area contributed by atoms with Crippen molar-refractivity contribution in [3.63, 3.8) is 0 Å². The predicted molar refractivity (Wildman–Crippen MR) is 173 cm³/mol. The second-order valence-corrected chi connectivity index (χ2v) is 12.4. The molecule has 2 aliphatic heterocycles. The molecule has 0 saturated carbocycles. The fourth-order valence-corrected chi connectivity index (χ4v) is 6.65. The number of hydrogen-bond acceptors (Lipinski definition) is 7. The fourth-order valence-electron chi connectivity index (χ4n) is 5.62. The minimum Gasteiger partial charge on any atom is -0.368 e. The van der Waals surface area contributed by atoms with Gasteiger partial charge < -0.3 is 19.6 Å². The highest BCUT2D eigenvalue weighted by molar-refractivity contribution is 7.98. The summed E-state index contributed by atoms with van der Waals surface area (Å²) in [4.78, 5) is 30.0. The number of nitrogens with zero attached hydrogens (tertiary/aromatic N) is 6. The minimum atomic E-state index is -4.40. The predicted octanol–water partition coefficient (Wildman–Crippen LogP) is 6.87. The molecule has 2 aliphatic rings. The van der Waals surface area contributed by atoms with Crippen LogP contribution in [-0.2, 0) is 11.9 Å². The molecular formula is C33H31ClF4N6OS. The zero-order valence-electron chi connectivity index (χ0n) is 24.8. The summed E-state index contributed by atoms with van der Waals surface area (Å²) in [5, 5.41) is 0.885. The van der Waals surface area contributed by atoms with Gasteiger partial charge in [0.25, 0.3) is 5.91 Å². The van der Waals surface area contributed by atoms with E-state index in [4.69, 9.17) is 16.6 Å². The number of aromatic nitrogens is 2. The Labute approximate surface area is 273 Å². The number of thioether (sulfide) groups is 1. The van der Waals surface area contributed by atoms with Crippen molar-refractivity contribution in [1.29, 1.82) is 0 Å². The van der Waals surface area contributed by atoms with E-state index in [1.54, 1.807) is 41.3 Å². The molecule has 0 atom stereocenters. The lowest BCUT2D eigenvalue weighted by molar-refractivity contribution is -0.137. The number of benzene rings is 3. The molecule has 46 heavy (non-hydrogen) atoms. The molecule has 0 spiro atoms. The van der Waals surface area contributed by atoms with E-state index in [9.17, 15) is 22.4 Å². The van der Waals surface area contributed by atoms with Crippen molar-refractivity contribution in [2.24, 2.45) is 0 Å². The monoisotopic (exact) mass is 670 g/mol. The third-order valence-corrected chi connectivity index (χ3v) is 9.24. The molecule has 0 aliphatic carbocycles. The maximum atomic E-state index is 14.2. The summed E-state index contributed by atoms with van der Waals surface area (Å²) < 4.78 is 53.6. The molecule has 3 heterocycles. The van der Waals surface area contributed by atoms with Crippen LogP contribution in [0.4, 0.5) is 34.8 Å². The molecule has 6 rings (SSSR count). The minimum absolute atomic E-state index is 0.110. The van der Waals surface area contributed by atoms with Crippen molar-refractivity contribution >= 4 is 46.5 Å². The number of anilines is 3. The van der Waals surface area contributed by atoms with Gasteiger partial charge in [-0.1, -0.05) is 53.7 Å². The van der Waals surface area contributed by atoms with Crippen LogP contribution in [0, 0.1) is 5.82 Å². The molecule has 0 radical (unpaired) electrons. The van der Waals surface area contributed by atoms with Crippen LogP contribution in [0.2, 0.25) is 5.15 Å². The van der Waals surface area contributed by atoms with Gasteiger partial charge in [-0.05, 0) is 48.0 Å². The lowest BCUT2D eigenvalue weighted by atomic mass is 10.1. The van der Waals surface area contributed by atoms with Crippen molar-refractivity contribution in [2.75, 3.05) is 67.1 Å². The highest BCUT2D eigenvalue weighted by Gasteiger charge is 2.31. The second-order valence-electron chi connectivity index (χ2n) is 11.1. The molecule has 4 aromatic rings. The van der Waals surface area contributed by atoms with E-state index in [-0.39, 0.29) is 11.7 Å². The molecule has 1 aromatic heterocycles. The summed E-state index contributed by atoms with van der Waals surface area (Å²) in [5.74, 6) is 0.961. The third-order valence-electron chi connectivity index (χ3n) is 8.13.